The van der Waals surface area contributed by atoms with Crippen LogP contribution in [0.25, 0.3) is 0 Å². The molecule has 5 nitrogen and oxygen atoms in total. The molecule has 0 aromatic heterocycles. The van der Waals surface area contributed by atoms with Crippen molar-refractivity contribution in [2.45, 2.75) is 31.5 Å². The van der Waals surface area contributed by atoms with Crippen LogP contribution in [0.3, 0.4) is 0 Å². The van der Waals surface area contributed by atoms with Gasteiger partial charge < -0.3 is 20.7 Å². The number of nitrogens with one attached hydrogen (secondary N) is 1. The number of amides is 1. The minimum Gasteiger partial charge on any atom is -0.433 e. The number of hydrogen-bond donors (Lipinski definition) is 2. The molecule has 1 aliphatic rings. The lowest BCUT2D eigenvalue weighted by molar-refractivity contribution is -0.122. The molecule has 142 valence electrons. The van der Waals surface area contributed by atoms with Gasteiger partial charge in [-0.1, -0.05) is 12.1 Å². The highest BCUT2D eigenvalue weighted by Gasteiger charge is 2.27. The summed E-state index contributed by atoms with van der Waals surface area (Å²) in [6.45, 7) is -1.65. The first-order chi connectivity index (χ1) is 11.5. The Bertz CT molecular complexity index is 554. The number of hydrogen-bond acceptors (Lipinski definition) is 5. The number of para-hydroxylation sites is 2. The number of nitrogens with two attached hydrogens (primary N) is 1. The second kappa shape index (κ2) is 10.7. The summed E-state index contributed by atoms with van der Waals surface area (Å²) in [5.74, 6) is 0.827. The summed E-state index contributed by atoms with van der Waals surface area (Å²) in [5.41, 5.74) is 6.48. The van der Waals surface area contributed by atoms with E-state index in [9.17, 15) is 13.6 Å². The van der Waals surface area contributed by atoms with Crippen LogP contribution in [0.4, 0.5) is 14.5 Å². The first kappa shape index (κ1) is 21.8. The van der Waals surface area contributed by atoms with Crippen molar-refractivity contribution in [2.24, 2.45) is 5.73 Å². The van der Waals surface area contributed by atoms with Gasteiger partial charge in [-0.2, -0.15) is 20.5 Å². The smallest absolute Gasteiger partial charge is 0.387 e. The Kier molecular flexibility index (Phi) is 9.31. The zero-order valence-electron chi connectivity index (χ0n) is 14.0. The molecule has 9 heteroatoms. The molecule has 1 aliphatic heterocycles. The van der Waals surface area contributed by atoms with Gasteiger partial charge in [-0.05, 0) is 37.0 Å². The number of carbonyl (C=O) groups is 1. The standard InChI is InChI=1S/C16H23F2N3O2S.ClH/c1-24-9-7-12(19)15(22)20-11-6-8-21(10-11)13-4-2-3-5-14(13)23-16(17)18;/h2-5,11-12,16H,6-10,19H2,1H3,(H,20,22);1H/t11?,12-;/m0./s1. The molecule has 1 unspecified atom stereocenters. The molecule has 1 heterocycles. The van der Waals surface area contributed by atoms with E-state index in [1.165, 1.54) is 6.07 Å². The summed E-state index contributed by atoms with van der Waals surface area (Å²) in [6.07, 6.45) is 3.34. The summed E-state index contributed by atoms with van der Waals surface area (Å²) in [4.78, 5) is 14.0. The summed E-state index contributed by atoms with van der Waals surface area (Å²) < 4.78 is 29.6. The van der Waals surface area contributed by atoms with Crippen LogP contribution in [-0.2, 0) is 4.79 Å². The molecule has 0 aliphatic carbocycles. The average molecular weight is 396 g/mol. The van der Waals surface area contributed by atoms with Crippen molar-refractivity contribution in [1.82, 2.24) is 5.32 Å². The van der Waals surface area contributed by atoms with Gasteiger partial charge in [-0.15, -0.1) is 12.4 Å². The number of halogens is 3. The molecule has 2 rings (SSSR count). The minimum atomic E-state index is -2.86. The summed E-state index contributed by atoms with van der Waals surface area (Å²) in [7, 11) is 0. The second-order valence-corrected chi connectivity index (χ2v) is 6.66. The maximum atomic E-state index is 12.5. The van der Waals surface area contributed by atoms with Crippen molar-refractivity contribution in [3.05, 3.63) is 24.3 Å². The molecular formula is C16H24ClF2N3O2S. The molecule has 1 saturated heterocycles. The van der Waals surface area contributed by atoms with Crippen molar-refractivity contribution in [3.8, 4) is 5.75 Å². The third-order valence-electron chi connectivity index (χ3n) is 3.93. The van der Waals surface area contributed by atoms with Crippen molar-refractivity contribution < 1.29 is 18.3 Å². The van der Waals surface area contributed by atoms with Gasteiger partial charge in [-0.25, -0.2) is 0 Å². The Morgan fingerprint density at radius 2 is 2.20 bits per heavy atom. The predicted octanol–water partition coefficient (Wildman–Crippen LogP) is 2.49. The lowest BCUT2D eigenvalue weighted by Crippen LogP contribution is -2.46. The molecule has 0 saturated carbocycles. The van der Waals surface area contributed by atoms with E-state index in [2.05, 4.69) is 10.1 Å². The predicted molar refractivity (Wildman–Crippen MR) is 100 cm³/mol. The fraction of sp³-hybridized carbons (Fsp3) is 0.562. The fourth-order valence-electron chi connectivity index (χ4n) is 2.70. The lowest BCUT2D eigenvalue weighted by atomic mass is 10.2. The zero-order chi connectivity index (χ0) is 17.5. The van der Waals surface area contributed by atoms with E-state index < -0.39 is 12.7 Å². The zero-order valence-corrected chi connectivity index (χ0v) is 15.6. The first-order valence-corrected chi connectivity index (χ1v) is 9.24. The fourth-order valence-corrected chi connectivity index (χ4v) is 3.18. The van der Waals surface area contributed by atoms with Gasteiger partial charge in [0.1, 0.15) is 5.75 Å². The summed E-state index contributed by atoms with van der Waals surface area (Å²) >= 11 is 1.65. The molecule has 1 aromatic rings. The van der Waals surface area contributed by atoms with Gasteiger partial charge in [0.05, 0.1) is 11.7 Å². The third kappa shape index (κ3) is 6.52. The molecule has 2 atom stereocenters. The van der Waals surface area contributed by atoms with Crippen LogP contribution in [-0.4, -0.2) is 49.7 Å². The average Bonchev–Trinajstić information content (AvgIpc) is 3.00. The number of benzene rings is 1. The van der Waals surface area contributed by atoms with E-state index in [0.29, 0.717) is 25.2 Å². The van der Waals surface area contributed by atoms with Crippen LogP contribution in [0.5, 0.6) is 5.75 Å². The third-order valence-corrected chi connectivity index (χ3v) is 4.57. The minimum absolute atomic E-state index is 0. The van der Waals surface area contributed by atoms with Crippen LogP contribution in [0.1, 0.15) is 12.8 Å². The van der Waals surface area contributed by atoms with Crippen molar-refractivity contribution in [2.75, 3.05) is 30.0 Å². The van der Waals surface area contributed by atoms with Gasteiger partial charge in [-0.3, -0.25) is 4.79 Å². The van der Waals surface area contributed by atoms with Crippen molar-refractivity contribution >= 4 is 35.8 Å². The number of thioether (sulfide) groups is 1. The number of rotatable bonds is 8. The molecule has 0 bridgehead atoms. The number of anilines is 1. The Morgan fingerprint density at radius 3 is 2.88 bits per heavy atom. The number of carbonyl (C=O) groups excluding carboxylic acids is 1. The van der Waals surface area contributed by atoms with E-state index in [1.54, 1.807) is 30.0 Å². The summed E-state index contributed by atoms with van der Waals surface area (Å²) in [5, 5.41) is 2.94. The van der Waals surface area contributed by atoms with Gasteiger partial charge in [0.2, 0.25) is 5.91 Å². The van der Waals surface area contributed by atoms with Crippen molar-refractivity contribution in [3.63, 3.8) is 0 Å². The molecule has 25 heavy (non-hydrogen) atoms. The lowest BCUT2D eigenvalue weighted by Gasteiger charge is -2.22. The highest BCUT2D eigenvalue weighted by molar-refractivity contribution is 7.98. The normalized spacial score (nSPS) is 18.0. The molecule has 0 radical (unpaired) electrons. The Balaban J connectivity index is 0.00000312. The SMILES string of the molecule is CSCC[C@H](N)C(=O)NC1CCN(c2ccccc2OC(F)F)C1.Cl. The van der Waals surface area contributed by atoms with E-state index in [4.69, 9.17) is 5.73 Å². The van der Waals surface area contributed by atoms with Gasteiger partial charge in [0.15, 0.2) is 0 Å². The van der Waals surface area contributed by atoms with Gasteiger partial charge >= 0.3 is 6.61 Å². The first-order valence-electron chi connectivity index (χ1n) is 7.85. The van der Waals surface area contributed by atoms with E-state index in [0.717, 1.165) is 12.2 Å². The molecule has 1 amide bonds. The van der Waals surface area contributed by atoms with E-state index in [1.807, 2.05) is 11.2 Å². The second-order valence-electron chi connectivity index (χ2n) is 5.67. The molecular weight excluding hydrogens is 372 g/mol. The molecule has 0 spiro atoms. The largest absolute Gasteiger partial charge is 0.433 e. The Labute approximate surface area is 157 Å². The molecule has 3 N–H and O–H groups in total. The number of alkyl halides is 2. The Hall–Kier alpha value is -1.25. The van der Waals surface area contributed by atoms with Crippen LogP contribution in [0, 0.1) is 0 Å². The monoisotopic (exact) mass is 395 g/mol. The van der Waals surface area contributed by atoms with Crippen molar-refractivity contribution in [1.29, 1.82) is 0 Å². The topological polar surface area (TPSA) is 67.6 Å². The maximum Gasteiger partial charge on any atom is 0.387 e. The van der Waals surface area contributed by atoms with Gasteiger partial charge in [0.25, 0.3) is 0 Å². The maximum absolute atomic E-state index is 12.5. The molecule has 1 fully saturated rings. The van der Waals surface area contributed by atoms with Crippen LogP contribution < -0.4 is 20.7 Å². The quantitative estimate of drug-likeness (QED) is 0.707. The summed E-state index contributed by atoms with van der Waals surface area (Å²) in [6, 6.07) is 6.13. The van der Waals surface area contributed by atoms with E-state index in [-0.39, 0.29) is 30.1 Å². The molecule has 1 aromatic carbocycles. The number of ether oxygens (including phenoxy) is 1. The van der Waals surface area contributed by atoms with Crippen LogP contribution in [0.2, 0.25) is 0 Å². The van der Waals surface area contributed by atoms with E-state index >= 15 is 0 Å². The van der Waals surface area contributed by atoms with Crippen LogP contribution >= 0.6 is 24.2 Å². The van der Waals surface area contributed by atoms with Gasteiger partial charge in [0, 0.05) is 19.1 Å². The highest BCUT2D eigenvalue weighted by Crippen LogP contribution is 2.31. The highest BCUT2D eigenvalue weighted by atomic mass is 35.5. The number of nitrogens with zero attached hydrogens (tertiary/aromatic N) is 1. The van der Waals surface area contributed by atoms with Crippen LogP contribution in [0.15, 0.2) is 24.3 Å². The Morgan fingerprint density at radius 1 is 1.48 bits per heavy atom.